The van der Waals surface area contributed by atoms with Crippen molar-refractivity contribution in [3.05, 3.63) is 56.7 Å². The third kappa shape index (κ3) is 3.15. The van der Waals surface area contributed by atoms with Crippen LogP contribution in [-0.4, -0.2) is 27.5 Å². The van der Waals surface area contributed by atoms with E-state index in [2.05, 4.69) is 27.9 Å². The number of hydrogen-bond acceptors (Lipinski definition) is 4. The molecule has 0 amide bonds. The summed E-state index contributed by atoms with van der Waals surface area (Å²) < 4.78 is 5.88. The fraction of sp³-hybridized carbons (Fsp3) is 0.375. The fourth-order valence-electron chi connectivity index (χ4n) is 2.69. The first-order chi connectivity index (χ1) is 10.5. The van der Waals surface area contributed by atoms with Crippen LogP contribution in [0.5, 0.6) is 5.75 Å². The van der Waals surface area contributed by atoms with Crippen molar-refractivity contribution in [1.82, 2.24) is 14.9 Å². The minimum Gasteiger partial charge on any atom is -0.490 e. The lowest BCUT2D eigenvalue weighted by Crippen LogP contribution is -2.35. The molecule has 0 saturated carbocycles. The van der Waals surface area contributed by atoms with Gasteiger partial charge in [-0.1, -0.05) is 17.7 Å². The largest absolute Gasteiger partial charge is 0.490 e. The van der Waals surface area contributed by atoms with Gasteiger partial charge in [0.2, 0.25) is 0 Å². The molecule has 0 spiro atoms. The van der Waals surface area contributed by atoms with Crippen molar-refractivity contribution in [2.24, 2.45) is 0 Å². The van der Waals surface area contributed by atoms with Gasteiger partial charge in [-0.05, 0) is 31.5 Å². The summed E-state index contributed by atoms with van der Waals surface area (Å²) in [5.41, 5.74) is 2.70. The number of rotatable bonds is 2. The smallest absolute Gasteiger partial charge is 0.345 e. The summed E-state index contributed by atoms with van der Waals surface area (Å²) in [4.78, 5) is 20.0. The molecule has 0 radical (unpaired) electrons. The lowest BCUT2D eigenvalue weighted by Gasteiger charge is -2.25. The Bertz CT molecular complexity index is 744. The van der Waals surface area contributed by atoms with Crippen LogP contribution in [0.25, 0.3) is 0 Å². The number of benzene rings is 1. The zero-order valence-electron chi connectivity index (χ0n) is 12.6. The summed E-state index contributed by atoms with van der Waals surface area (Å²) in [6, 6.07) is 6.05. The molecule has 2 aromatic rings. The highest BCUT2D eigenvalue weighted by atomic mass is 35.5. The second-order valence-corrected chi connectivity index (χ2v) is 6.11. The van der Waals surface area contributed by atoms with Crippen LogP contribution in [0.3, 0.4) is 0 Å². The molecule has 116 valence electrons. The van der Waals surface area contributed by atoms with Crippen molar-refractivity contribution in [3.8, 4) is 5.75 Å². The van der Waals surface area contributed by atoms with Crippen LogP contribution in [0, 0.1) is 6.92 Å². The van der Waals surface area contributed by atoms with E-state index in [1.165, 1.54) is 6.20 Å². The van der Waals surface area contributed by atoms with E-state index >= 15 is 0 Å². The SMILES string of the molecule is Cc1cc(Cl)c2c(c1)CN(Cc1ccnc(=O)[nH]1)[C@H](C)CO2. The molecule has 1 aromatic carbocycles. The average Bonchev–Trinajstić information content (AvgIpc) is 2.59. The van der Waals surface area contributed by atoms with Gasteiger partial charge in [-0.15, -0.1) is 0 Å². The molecule has 22 heavy (non-hydrogen) atoms. The first-order valence-electron chi connectivity index (χ1n) is 7.23. The number of hydrogen-bond donors (Lipinski definition) is 1. The summed E-state index contributed by atoms with van der Waals surface area (Å²) in [5.74, 6) is 0.768. The molecule has 1 aliphatic heterocycles. The van der Waals surface area contributed by atoms with Crippen LogP contribution >= 0.6 is 11.6 Å². The Balaban J connectivity index is 1.89. The number of halogens is 1. The number of nitrogens with zero attached hydrogens (tertiary/aromatic N) is 2. The predicted octanol–water partition coefficient (Wildman–Crippen LogP) is 2.51. The highest BCUT2D eigenvalue weighted by Crippen LogP contribution is 2.34. The molecule has 0 fully saturated rings. The Kier molecular flexibility index (Phi) is 4.18. The van der Waals surface area contributed by atoms with E-state index in [1.54, 1.807) is 0 Å². The first-order valence-corrected chi connectivity index (χ1v) is 7.61. The van der Waals surface area contributed by atoms with Crippen LogP contribution in [0.2, 0.25) is 5.02 Å². The van der Waals surface area contributed by atoms with Crippen molar-refractivity contribution in [1.29, 1.82) is 0 Å². The topological polar surface area (TPSA) is 58.2 Å². The van der Waals surface area contributed by atoms with E-state index in [0.717, 1.165) is 29.1 Å². The molecule has 1 aliphatic rings. The number of aromatic amines is 1. The molecule has 0 aliphatic carbocycles. The molecule has 0 unspecified atom stereocenters. The third-order valence-corrected chi connectivity index (χ3v) is 4.12. The Morgan fingerprint density at radius 1 is 1.50 bits per heavy atom. The lowest BCUT2D eigenvalue weighted by atomic mass is 10.1. The van der Waals surface area contributed by atoms with E-state index < -0.39 is 0 Å². The molecule has 5 nitrogen and oxygen atoms in total. The summed E-state index contributed by atoms with van der Waals surface area (Å²) in [5, 5.41) is 0.654. The van der Waals surface area contributed by atoms with Gasteiger partial charge in [0.05, 0.1) is 5.02 Å². The Morgan fingerprint density at radius 2 is 2.32 bits per heavy atom. The van der Waals surface area contributed by atoms with Gasteiger partial charge >= 0.3 is 5.69 Å². The highest BCUT2D eigenvalue weighted by Gasteiger charge is 2.23. The quantitative estimate of drug-likeness (QED) is 0.924. The standard InChI is InChI=1S/C16H18ClN3O2/c1-10-5-12-7-20(8-13-3-4-18-16(21)19-13)11(2)9-22-15(12)14(17)6-10/h3-6,11H,7-9H2,1-2H3,(H,18,19,21)/t11-/m1/s1. The predicted molar refractivity (Wildman–Crippen MR) is 85.3 cm³/mol. The molecule has 6 heteroatoms. The van der Waals surface area contributed by atoms with Crippen LogP contribution in [0.15, 0.2) is 29.2 Å². The molecule has 0 saturated heterocycles. The number of aryl methyl sites for hydroxylation is 1. The van der Waals surface area contributed by atoms with Crippen LogP contribution in [-0.2, 0) is 13.1 Å². The minimum atomic E-state index is -0.324. The molecule has 2 heterocycles. The second-order valence-electron chi connectivity index (χ2n) is 5.70. The zero-order valence-corrected chi connectivity index (χ0v) is 13.4. The number of H-pyrrole nitrogens is 1. The summed E-state index contributed by atoms with van der Waals surface area (Å²) in [7, 11) is 0. The van der Waals surface area contributed by atoms with E-state index in [1.807, 2.05) is 19.1 Å². The van der Waals surface area contributed by atoms with E-state index in [-0.39, 0.29) is 11.7 Å². The average molecular weight is 320 g/mol. The number of aromatic nitrogens is 2. The van der Waals surface area contributed by atoms with Gasteiger partial charge < -0.3 is 9.72 Å². The molecule has 1 aromatic heterocycles. The molecular formula is C16H18ClN3O2. The van der Waals surface area contributed by atoms with Gasteiger partial charge in [-0.3, -0.25) is 4.90 Å². The second kappa shape index (κ2) is 6.10. The molecule has 0 bridgehead atoms. The van der Waals surface area contributed by atoms with Gasteiger partial charge in [0.25, 0.3) is 0 Å². The fourth-order valence-corrected chi connectivity index (χ4v) is 3.04. The number of ether oxygens (including phenoxy) is 1. The Hall–Kier alpha value is -1.85. The van der Waals surface area contributed by atoms with E-state index in [0.29, 0.717) is 18.2 Å². The lowest BCUT2D eigenvalue weighted by molar-refractivity contribution is 0.149. The van der Waals surface area contributed by atoms with E-state index in [4.69, 9.17) is 16.3 Å². The minimum absolute atomic E-state index is 0.209. The highest BCUT2D eigenvalue weighted by molar-refractivity contribution is 6.32. The van der Waals surface area contributed by atoms with Crippen molar-refractivity contribution >= 4 is 11.6 Å². The molecule has 1 N–H and O–H groups in total. The number of nitrogens with one attached hydrogen (secondary N) is 1. The number of fused-ring (bicyclic) bond motifs is 1. The first kappa shape index (κ1) is 15.1. The van der Waals surface area contributed by atoms with Crippen molar-refractivity contribution < 1.29 is 4.74 Å². The van der Waals surface area contributed by atoms with Gasteiger partial charge in [0.1, 0.15) is 12.4 Å². The van der Waals surface area contributed by atoms with Gasteiger partial charge in [-0.2, -0.15) is 0 Å². The normalized spacial score (nSPS) is 18.4. The molecule has 1 atom stereocenters. The summed E-state index contributed by atoms with van der Waals surface area (Å²) in [6.45, 7) is 6.04. The van der Waals surface area contributed by atoms with Gasteiger partial charge in [0.15, 0.2) is 0 Å². The van der Waals surface area contributed by atoms with Crippen LogP contribution in [0.1, 0.15) is 23.7 Å². The maximum absolute atomic E-state index is 11.3. The Morgan fingerprint density at radius 3 is 3.09 bits per heavy atom. The van der Waals surface area contributed by atoms with Crippen LogP contribution in [0.4, 0.5) is 0 Å². The van der Waals surface area contributed by atoms with Gasteiger partial charge in [-0.25, -0.2) is 9.78 Å². The van der Waals surface area contributed by atoms with Crippen LogP contribution < -0.4 is 10.4 Å². The maximum Gasteiger partial charge on any atom is 0.345 e. The van der Waals surface area contributed by atoms with Crippen molar-refractivity contribution in [3.63, 3.8) is 0 Å². The van der Waals surface area contributed by atoms with Crippen molar-refractivity contribution in [2.75, 3.05) is 6.61 Å². The van der Waals surface area contributed by atoms with Gasteiger partial charge in [0, 0.05) is 36.6 Å². The third-order valence-electron chi connectivity index (χ3n) is 3.84. The molecular weight excluding hydrogens is 302 g/mol. The monoisotopic (exact) mass is 319 g/mol. The maximum atomic E-state index is 11.3. The van der Waals surface area contributed by atoms with Crippen molar-refractivity contribution in [2.45, 2.75) is 33.0 Å². The Labute approximate surface area is 133 Å². The zero-order chi connectivity index (χ0) is 15.7. The van der Waals surface area contributed by atoms with E-state index in [9.17, 15) is 4.79 Å². The summed E-state index contributed by atoms with van der Waals surface area (Å²) >= 11 is 6.30. The molecule has 3 rings (SSSR count). The summed E-state index contributed by atoms with van der Waals surface area (Å²) in [6.07, 6.45) is 1.53.